The smallest absolute Gasteiger partial charge is 0.341 e. The van der Waals surface area contributed by atoms with E-state index in [1.165, 1.54) is 5.01 Å². The average Bonchev–Trinajstić information content (AvgIpc) is 2.52. The molecule has 0 aromatic heterocycles. The van der Waals surface area contributed by atoms with Crippen LogP contribution in [-0.4, -0.2) is 23.7 Å². The van der Waals surface area contributed by atoms with Gasteiger partial charge in [-0.3, -0.25) is 5.43 Å². The van der Waals surface area contributed by atoms with Crippen LogP contribution in [0.25, 0.3) is 0 Å². The Morgan fingerprint density at radius 1 is 1.33 bits per heavy atom. The molecule has 0 atom stereocenters. The molecule has 1 fully saturated rings. The van der Waals surface area contributed by atoms with Gasteiger partial charge in [0.05, 0.1) is 24.0 Å². The van der Waals surface area contributed by atoms with Crippen LogP contribution in [0.1, 0.15) is 13.8 Å². The summed E-state index contributed by atoms with van der Waals surface area (Å²) in [5, 5.41) is 4.25. The van der Waals surface area contributed by atoms with Gasteiger partial charge in [-0.2, -0.15) is 0 Å². The topological polar surface area (TPSA) is 53.6 Å². The molecule has 1 aliphatic rings. The zero-order valence-corrected chi connectivity index (χ0v) is 10.8. The molecular weight excluding hydrogens is 230 g/mol. The lowest BCUT2D eigenvalue weighted by Gasteiger charge is -2.22. The van der Waals surface area contributed by atoms with Crippen LogP contribution in [0.3, 0.4) is 0 Å². The summed E-state index contributed by atoms with van der Waals surface area (Å²) in [6, 6.07) is 7.12. The van der Waals surface area contributed by atoms with Crippen LogP contribution in [0.4, 0.5) is 10.5 Å². The average molecular weight is 247 g/mol. The molecule has 0 unspecified atom stereocenters. The minimum Gasteiger partial charge on any atom is -0.497 e. The zero-order chi connectivity index (χ0) is 13.3. The third kappa shape index (κ3) is 2.11. The van der Waals surface area contributed by atoms with Crippen molar-refractivity contribution >= 4 is 11.7 Å². The fourth-order valence-corrected chi connectivity index (χ4v) is 1.71. The Labute approximate surface area is 106 Å². The van der Waals surface area contributed by atoms with Crippen molar-refractivity contribution in [2.45, 2.75) is 19.4 Å². The predicted molar refractivity (Wildman–Crippen MR) is 70.2 cm³/mol. The molecule has 0 aliphatic carbocycles. The summed E-state index contributed by atoms with van der Waals surface area (Å²) in [6.07, 6.45) is 0. The van der Waals surface area contributed by atoms with E-state index < -0.39 is 5.54 Å². The number of anilines is 1. The number of amides is 2. The Hall–Kier alpha value is -2.17. The molecule has 2 N–H and O–H groups in total. The van der Waals surface area contributed by atoms with Crippen LogP contribution in [-0.2, 0) is 0 Å². The van der Waals surface area contributed by atoms with Crippen molar-refractivity contribution in [3.05, 3.63) is 36.5 Å². The number of rotatable bonds is 3. The molecule has 5 nitrogen and oxygen atoms in total. The highest BCUT2D eigenvalue weighted by Crippen LogP contribution is 2.26. The first-order valence-corrected chi connectivity index (χ1v) is 5.66. The third-order valence-corrected chi connectivity index (χ3v) is 2.94. The van der Waals surface area contributed by atoms with E-state index in [0.29, 0.717) is 5.70 Å². The number of carbonyl (C=O) groups excluding carboxylic acids is 1. The van der Waals surface area contributed by atoms with Gasteiger partial charge < -0.3 is 10.1 Å². The molecule has 96 valence electrons. The van der Waals surface area contributed by atoms with Crippen molar-refractivity contribution in [1.29, 1.82) is 0 Å². The number of urea groups is 1. The molecule has 18 heavy (non-hydrogen) atoms. The van der Waals surface area contributed by atoms with Gasteiger partial charge >= 0.3 is 6.03 Å². The van der Waals surface area contributed by atoms with Gasteiger partial charge in [0.2, 0.25) is 0 Å². The van der Waals surface area contributed by atoms with Crippen LogP contribution in [0, 0.1) is 0 Å². The van der Waals surface area contributed by atoms with Gasteiger partial charge in [-0.1, -0.05) is 6.58 Å². The van der Waals surface area contributed by atoms with E-state index in [1.807, 2.05) is 38.1 Å². The number of carbonyl (C=O) groups is 1. The Kier molecular flexibility index (Phi) is 2.90. The standard InChI is InChI=1S/C13H17N3O2/c1-9-13(2,3)14-12(17)16(9)15-10-5-7-11(18-4)8-6-10/h5-8,15H,1H2,2-4H3,(H,14,17). The van der Waals surface area contributed by atoms with Gasteiger partial charge in [-0.15, -0.1) is 0 Å². The summed E-state index contributed by atoms with van der Waals surface area (Å²) in [4.78, 5) is 11.8. The van der Waals surface area contributed by atoms with Crippen LogP contribution in [0.5, 0.6) is 5.75 Å². The lowest BCUT2D eigenvalue weighted by Crippen LogP contribution is -2.35. The highest BCUT2D eigenvalue weighted by atomic mass is 16.5. The summed E-state index contributed by atoms with van der Waals surface area (Å²) >= 11 is 0. The van der Waals surface area contributed by atoms with E-state index in [4.69, 9.17) is 4.74 Å². The number of hydrogen-bond acceptors (Lipinski definition) is 3. The minimum absolute atomic E-state index is 0.208. The number of ether oxygens (including phenoxy) is 1. The lowest BCUT2D eigenvalue weighted by atomic mass is 10.0. The van der Waals surface area contributed by atoms with Crippen LogP contribution < -0.4 is 15.5 Å². The van der Waals surface area contributed by atoms with Gasteiger partial charge in [-0.05, 0) is 38.1 Å². The van der Waals surface area contributed by atoms with Crippen molar-refractivity contribution in [1.82, 2.24) is 10.3 Å². The van der Waals surface area contributed by atoms with E-state index in [-0.39, 0.29) is 6.03 Å². The number of benzene rings is 1. The predicted octanol–water partition coefficient (Wildman–Crippen LogP) is 2.34. The first-order chi connectivity index (χ1) is 8.44. The van der Waals surface area contributed by atoms with E-state index in [0.717, 1.165) is 11.4 Å². The number of nitrogens with zero attached hydrogens (tertiary/aromatic N) is 1. The molecule has 1 aliphatic heterocycles. The van der Waals surface area contributed by atoms with E-state index in [1.54, 1.807) is 7.11 Å². The molecule has 0 spiro atoms. The normalized spacial score (nSPS) is 17.6. The van der Waals surface area contributed by atoms with E-state index in [2.05, 4.69) is 17.3 Å². The molecule has 1 saturated heterocycles. The van der Waals surface area contributed by atoms with Gasteiger partial charge in [0.25, 0.3) is 0 Å². The molecule has 0 bridgehead atoms. The van der Waals surface area contributed by atoms with Crippen LogP contribution in [0.2, 0.25) is 0 Å². The maximum Gasteiger partial charge on any atom is 0.341 e. The van der Waals surface area contributed by atoms with E-state index in [9.17, 15) is 4.79 Å². The maximum atomic E-state index is 11.8. The summed E-state index contributed by atoms with van der Waals surface area (Å²) in [6.45, 7) is 7.74. The SMILES string of the molecule is C=C1N(Nc2ccc(OC)cc2)C(=O)NC1(C)C. The number of methoxy groups -OCH3 is 1. The van der Waals surface area contributed by atoms with Crippen molar-refractivity contribution in [2.24, 2.45) is 0 Å². The maximum absolute atomic E-state index is 11.8. The van der Waals surface area contributed by atoms with Gasteiger partial charge in [0.15, 0.2) is 0 Å². The molecule has 1 aromatic rings. The Morgan fingerprint density at radius 3 is 2.39 bits per heavy atom. The molecule has 1 aromatic carbocycles. The Morgan fingerprint density at radius 2 is 1.94 bits per heavy atom. The van der Waals surface area contributed by atoms with Gasteiger partial charge in [0.1, 0.15) is 5.75 Å². The number of hydrogen-bond donors (Lipinski definition) is 2. The lowest BCUT2D eigenvalue weighted by molar-refractivity contribution is 0.228. The summed E-state index contributed by atoms with van der Waals surface area (Å²) < 4.78 is 5.08. The van der Waals surface area contributed by atoms with Crippen LogP contribution >= 0.6 is 0 Å². The van der Waals surface area contributed by atoms with Crippen molar-refractivity contribution < 1.29 is 9.53 Å². The highest BCUT2D eigenvalue weighted by Gasteiger charge is 2.39. The summed E-state index contributed by atoms with van der Waals surface area (Å²) in [7, 11) is 1.61. The monoisotopic (exact) mass is 247 g/mol. The number of hydrazine groups is 1. The molecule has 2 rings (SSSR count). The Balaban J connectivity index is 2.14. The fourth-order valence-electron chi connectivity index (χ4n) is 1.71. The molecule has 0 saturated carbocycles. The molecule has 0 radical (unpaired) electrons. The van der Waals surface area contributed by atoms with E-state index >= 15 is 0 Å². The zero-order valence-electron chi connectivity index (χ0n) is 10.8. The molecule has 1 heterocycles. The quantitative estimate of drug-likeness (QED) is 0.862. The fraction of sp³-hybridized carbons (Fsp3) is 0.308. The van der Waals surface area contributed by atoms with Crippen LogP contribution in [0.15, 0.2) is 36.5 Å². The number of nitrogens with one attached hydrogen (secondary N) is 2. The largest absolute Gasteiger partial charge is 0.497 e. The van der Waals surface area contributed by atoms with Crippen molar-refractivity contribution in [3.8, 4) is 5.75 Å². The molecule has 5 heteroatoms. The van der Waals surface area contributed by atoms with Gasteiger partial charge in [-0.25, -0.2) is 9.80 Å². The van der Waals surface area contributed by atoms with Crippen molar-refractivity contribution in [3.63, 3.8) is 0 Å². The molecule has 2 amide bonds. The second kappa shape index (κ2) is 4.25. The first-order valence-electron chi connectivity index (χ1n) is 5.66. The highest BCUT2D eigenvalue weighted by molar-refractivity contribution is 5.83. The second-order valence-corrected chi connectivity index (χ2v) is 4.68. The second-order valence-electron chi connectivity index (χ2n) is 4.68. The first kappa shape index (κ1) is 12.3. The molecular formula is C13H17N3O2. The van der Waals surface area contributed by atoms with Crippen molar-refractivity contribution in [2.75, 3.05) is 12.5 Å². The summed E-state index contributed by atoms with van der Waals surface area (Å²) in [5.41, 5.74) is 4.06. The minimum atomic E-state index is -0.434. The summed E-state index contributed by atoms with van der Waals surface area (Å²) in [5.74, 6) is 0.769. The Bertz CT molecular complexity index is 480. The van der Waals surface area contributed by atoms with Gasteiger partial charge in [0, 0.05) is 0 Å². The third-order valence-electron chi connectivity index (χ3n) is 2.94.